The van der Waals surface area contributed by atoms with Crippen LogP contribution in [0.4, 0.5) is 0 Å². The molecule has 0 saturated carbocycles. The van der Waals surface area contributed by atoms with Crippen molar-refractivity contribution >= 4 is 32.6 Å². The molecule has 47 heavy (non-hydrogen) atoms. The molecular weight excluding hydrogens is 569 g/mol. The predicted molar refractivity (Wildman–Crippen MR) is 198 cm³/mol. The Hall–Kier alpha value is -6.25. The van der Waals surface area contributed by atoms with Gasteiger partial charge in [-0.1, -0.05) is 158 Å². The van der Waals surface area contributed by atoms with E-state index >= 15 is 0 Å². The van der Waals surface area contributed by atoms with Gasteiger partial charge in [-0.25, -0.2) is 4.98 Å². The Balaban J connectivity index is 1.36. The van der Waals surface area contributed by atoms with Gasteiger partial charge in [-0.3, -0.25) is 4.57 Å². The fourth-order valence-electron chi connectivity index (χ4n) is 7.15. The number of nitrogens with zero attached hydrogens (tertiary/aromatic N) is 2. The molecule has 1 aromatic heterocycles. The summed E-state index contributed by atoms with van der Waals surface area (Å²) in [5.41, 5.74) is 11.6. The van der Waals surface area contributed by atoms with Gasteiger partial charge in [-0.15, -0.1) is 0 Å². The lowest BCUT2D eigenvalue weighted by Gasteiger charge is -2.21. The molecule has 2 nitrogen and oxygen atoms in total. The van der Waals surface area contributed by atoms with Gasteiger partial charge >= 0.3 is 0 Å². The van der Waals surface area contributed by atoms with E-state index in [2.05, 4.69) is 187 Å². The molecule has 0 bridgehead atoms. The lowest BCUT2D eigenvalue weighted by atomic mass is 9.85. The molecule has 0 saturated heterocycles. The van der Waals surface area contributed by atoms with E-state index in [1.54, 1.807) is 0 Å². The highest BCUT2D eigenvalue weighted by atomic mass is 15.1. The fraction of sp³-hybridized carbons (Fsp3) is 0. The monoisotopic (exact) mass is 598 g/mol. The van der Waals surface area contributed by atoms with Crippen molar-refractivity contribution in [3.05, 3.63) is 182 Å². The van der Waals surface area contributed by atoms with E-state index in [0.29, 0.717) is 0 Å². The third-order valence-corrected chi connectivity index (χ3v) is 9.20. The maximum Gasteiger partial charge on any atom is 0.145 e. The number of aromatic nitrogens is 2. The second-order valence-electron chi connectivity index (χ2n) is 11.9. The number of hydrogen-bond acceptors (Lipinski definition) is 1. The van der Waals surface area contributed by atoms with Crippen LogP contribution < -0.4 is 0 Å². The molecule has 8 aromatic carbocycles. The van der Waals surface area contributed by atoms with Crippen LogP contribution in [0, 0.1) is 0 Å². The van der Waals surface area contributed by atoms with Gasteiger partial charge in [-0.05, 0) is 73.6 Å². The first kappa shape index (κ1) is 27.1. The summed E-state index contributed by atoms with van der Waals surface area (Å²) in [5.74, 6) is 0.933. The third-order valence-electron chi connectivity index (χ3n) is 9.20. The Morgan fingerprint density at radius 2 is 0.872 bits per heavy atom. The Kier molecular flexibility index (Phi) is 6.50. The van der Waals surface area contributed by atoms with Crippen molar-refractivity contribution in [3.63, 3.8) is 0 Å². The summed E-state index contributed by atoms with van der Waals surface area (Å²) >= 11 is 0. The number of benzene rings is 8. The van der Waals surface area contributed by atoms with Crippen LogP contribution in [0.2, 0.25) is 0 Å². The maximum atomic E-state index is 5.17. The molecule has 9 rings (SSSR count). The largest absolute Gasteiger partial charge is 0.292 e. The molecule has 0 N–H and O–H groups in total. The van der Waals surface area contributed by atoms with Gasteiger partial charge in [0, 0.05) is 11.1 Å². The first-order valence-corrected chi connectivity index (χ1v) is 16.1. The highest BCUT2D eigenvalue weighted by molar-refractivity contribution is 6.22. The lowest BCUT2D eigenvalue weighted by Crippen LogP contribution is -2.01. The lowest BCUT2D eigenvalue weighted by molar-refractivity contribution is 1.10. The average Bonchev–Trinajstić information content (AvgIpc) is 3.54. The maximum absolute atomic E-state index is 5.17. The molecule has 0 radical (unpaired) electrons. The molecule has 0 aliphatic rings. The summed E-state index contributed by atoms with van der Waals surface area (Å²) in [6.45, 7) is 0. The fourth-order valence-corrected chi connectivity index (χ4v) is 7.15. The normalized spacial score (nSPS) is 11.4. The number of hydrogen-bond donors (Lipinski definition) is 0. The molecule has 2 heteroatoms. The van der Waals surface area contributed by atoms with Crippen molar-refractivity contribution in [2.75, 3.05) is 0 Å². The van der Waals surface area contributed by atoms with E-state index in [0.717, 1.165) is 28.1 Å². The van der Waals surface area contributed by atoms with E-state index in [9.17, 15) is 0 Å². The molecule has 0 atom stereocenters. The van der Waals surface area contributed by atoms with Gasteiger partial charge < -0.3 is 0 Å². The quantitative estimate of drug-likeness (QED) is 0.180. The van der Waals surface area contributed by atoms with E-state index in [4.69, 9.17) is 4.98 Å². The smallest absolute Gasteiger partial charge is 0.145 e. The van der Waals surface area contributed by atoms with Crippen LogP contribution in [0.3, 0.4) is 0 Å². The van der Waals surface area contributed by atoms with E-state index in [1.807, 2.05) is 0 Å². The van der Waals surface area contributed by atoms with Gasteiger partial charge in [0.25, 0.3) is 0 Å². The minimum atomic E-state index is 0.933. The highest BCUT2D eigenvalue weighted by Crippen LogP contribution is 2.46. The molecule has 0 spiro atoms. The van der Waals surface area contributed by atoms with E-state index in [-0.39, 0.29) is 0 Å². The zero-order valence-corrected chi connectivity index (χ0v) is 25.7. The number of fused-ring (bicyclic) bond motifs is 3. The van der Waals surface area contributed by atoms with Crippen LogP contribution in [0.25, 0.3) is 83.0 Å². The second-order valence-corrected chi connectivity index (χ2v) is 11.9. The first-order valence-electron chi connectivity index (χ1n) is 16.1. The van der Waals surface area contributed by atoms with Crippen LogP contribution in [-0.2, 0) is 0 Å². The summed E-state index contributed by atoms with van der Waals surface area (Å²) < 4.78 is 2.33. The van der Waals surface area contributed by atoms with Gasteiger partial charge in [0.15, 0.2) is 0 Å². The van der Waals surface area contributed by atoms with Gasteiger partial charge in [-0.2, -0.15) is 0 Å². The van der Waals surface area contributed by atoms with Crippen molar-refractivity contribution < 1.29 is 0 Å². The molecule has 0 amide bonds. The van der Waals surface area contributed by atoms with Crippen molar-refractivity contribution in [3.8, 4) is 50.5 Å². The van der Waals surface area contributed by atoms with Crippen molar-refractivity contribution in [1.29, 1.82) is 0 Å². The zero-order chi connectivity index (χ0) is 31.2. The minimum Gasteiger partial charge on any atom is -0.292 e. The number of para-hydroxylation sites is 3. The van der Waals surface area contributed by atoms with Crippen LogP contribution >= 0.6 is 0 Å². The molecule has 220 valence electrons. The Bertz CT molecular complexity index is 2500. The molecule has 0 aliphatic carbocycles. The van der Waals surface area contributed by atoms with E-state index in [1.165, 1.54) is 54.9 Å². The topological polar surface area (TPSA) is 17.8 Å². The molecule has 0 unspecified atom stereocenters. The van der Waals surface area contributed by atoms with E-state index < -0.39 is 0 Å². The molecule has 0 aliphatic heterocycles. The molecule has 9 aromatic rings. The Morgan fingerprint density at radius 3 is 1.57 bits per heavy atom. The summed E-state index contributed by atoms with van der Waals surface area (Å²) in [6, 6.07) is 65.1. The Labute approximate surface area is 273 Å². The standard InChI is InChI=1S/C45H30N2/c1-3-16-31(17-4-1)33-20-15-21-34(30-33)43-35-22-7-9-24-37(35)44(38-25-10-8-23-36(38)43)39-26-11-13-28-41(39)47-42-29-14-12-27-40(42)46-45(47)32-18-5-2-6-19-32/h1-30H. The molecular formula is C45H30N2. The zero-order valence-electron chi connectivity index (χ0n) is 25.7. The van der Waals surface area contributed by atoms with Crippen LogP contribution in [0.15, 0.2) is 182 Å². The van der Waals surface area contributed by atoms with Crippen molar-refractivity contribution in [2.45, 2.75) is 0 Å². The number of imidazole rings is 1. The van der Waals surface area contributed by atoms with Crippen molar-refractivity contribution in [2.24, 2.45) is 0 Å². The van der Waals surface area contributed by atoms with Crippen molar-refractivity contribution in [1.82, 2.24) is 9.55 Å². The predicted octanol–water partition coefficient (Wildman–Crippen LogP) is 12.0. The van der Waals surface area contributed by atoms with Gasteiger partial charge in [0.05, 0.1) is 16.7 Å². The third kappa shape index (κ3) is 4.54. The first-order chi connectivity index (χ1) is 23.3. The Morgan fingerprint density at radius 1 is 0.362 bits per heavy atom. The summed E-state index contributed by atoms with van der Waals surface area (Å²) in [5, 5.41) is 4.92. The van der Waals surface area contributed by atoms with Crippen LogP contribution in [0.5, 0.6) is 0 Å². The van der Waals surface area contributed by atoms with Gasteiger partial charge in [0.2, 0.25) is 0 Å². The summed E-state index contributed by atoms with van der Waals surface area (Å²) in [7, 11) is 0. The van der Waals surface area contributed by atoms with Crippen LogP contribution in [0.1, 0.15) is 0 Å². The van der Waals surface area contributed by atoms with Crippen LogP contribution in [-0.4, -0.2) is 9.55 Å². The molecule has 0 fully saturated rings. The highest BCUT2D eigenvalue weighted by Gasteiger charge is 2.21. The summed E-state index contributed by atoms with van der Waals surface area (Å²) in [6.07, 6.45) is 0. The van der Waals surface area contributed by atoms with Gasteiger partial charge in [0.1, 0.15) is 5.82 Å². The molecule has 1 heterocycles. The average molecular weight is 599 g/mol. The summed E-state index contributed by atoms with van der Waals surface area (Å²) in [4.78, 5) is 5.17. The minimum absolute atomic E-state index is 0.933. The SMILES string of the molecule is c1ccc(-c2cccc(-c3c4ccccc4c(-c4ccccc4-n4c(-c5ccccc5)nc5ccccc54)c4ccccc34)c2)cc1. The number of rotatable bonds is 5. The second kappa shape index (κ2) is 11.3.